The third-order valence-electron chi connectivity index (χ3n) is 2.21. The lowest BCUT2D eigenvalue weighted by Crippen LogP contribution is -2.01. The zero-order chi connectivity index (χ0) is 11.7. The first-order chi connectivity index (χ1) is 7.58. The van der Waals surface area contributed by atoms with E-state index in [-0.39, 0.29) is 11.3 Å². The Morgan fingerprint density at radius 3 is 2.81 bits per heavy atom. The lowest BCUT2D eigenvalue weighted by Gasteiger charge is -2.02. The second kappa shape index (κ2) is 4.06. The Kier molecular flexibility index (Phi) is 2.75. The van der Waals surface area contributed by atoms with Crippen molar-refractivity contribution in [2.24, 2.45) is 4.99 Å². The molecule has 0 amide bonds. The molecule has 1 aliphatic heterocycles. The molecule has 0 saturated carbocycles. The summed E-state index contributed by atoms with van der Waals surface area (Å²) in [7, 11) is 0. The van der Waals surface area contributed by atoms with Crippen molar-refractivity contribution in [1.82, 2.24) is 0 Å². The first-order valence-corrected chi connectivity index (χ1v) is 4.92. The summed E-state index contributed by atoms with van der Waals surface area (Å²) >= 11 is 5.62. The molecule has 1 N–H and O–H groups in total. The summed E-state index contributed by atoms with van der Waals surface area (Å²) in [6, 6.07) is 4.22. The molecule has 0 radical (unpaired) electrons. The quantitative estimate of drug-likeness (QED) is 0.863. The van der Waals surface area contributed by atoms with Crippen LogP contribution in [0.15, 0.2) is 35.0 Å². The van der Waals surface area contributed by atoms with Crippen molar-refractivity contribution in [3.63, 3.8) is 0 Å². The van der Waals surface area contributed by atoms with Gasteiger partial charge in [-0.2, -0.15) is 0 Å². The van der Waals surface area contributed by atoms with Crippen molar-refractivity contribution in [3.05, 3.63) is 46.4 Å². The van der Waals surface area contributed by atoms with Crippen LogP contribution in [-0.2, 0) is 4.79 Å². The van der Waals surface area contributed by atoms with E-state index in [1.54, 1.807) is 6.07 Å². The topological polar surface area (TPSA) is 49.7 Å². The van der Waals surface area contributed by atoms with E-state index in [1.165, 1.54) is 18.2 Å². The van der Waals surface area contributed by atoms with Gasteiger partial charge in [-0.1, -0.05) is 11.6 Å². The van der Waals surface area contributed by atoms with E-state index >= 15 is 0 Å². The number of carboxylic acid groups (broad SMARTS) is 1. The van der Waals surface area contributed by atoms with Gasteiger partial charge in [0.25, 0.3) is 0 Å². The summed E-state index contributed by atoms with van der Waals surface area (Å²) < 4.78 is 13.5. The van der Waals surface area contributed by atoms with Crippen molar-refractivity contribution in [3.8, 4) is 0 Å². The van der Waals surface area contributed by atoms with Crippen LogP contribution >= 0.6 is 11.6 Å². The molecule has 0 fully saturated rings. The number of nitrogens with zero attached hydrogens (tertiary/aromatic N) is 1. The molecule has 0 spiro atoms. The minimum absolute atomic E-state index is 0.0515. The Morgan fingerprint density at radius 2 is 2.25 bits per heavy atom. The largest absolute Gasteiger partial charge is 0.477 e. The molecule has 1 aromatic carbocycles. The van der Waals surface area contributed by atoms with Gasteiger partial charge >= 0.3 is 5.97 Å². The second-order valence-electron chi connectivity index (χ2n) is 3.28. The van der Waals surface area contributed by atoms with Crippen LogP contribution in [0.3, 0.4) is 0 Å². The Labute approximate surface area is 95.9 Å². The van der Waals surface area contributed by atoms with Crippen molar-refractivity contribution in [2.45, 2.75) is 6.42 Å². The lowest BCUT2D eigenvalue weighted by atomic mass is 10.1. The van der Waals surface area contributed by atoms with Crippen LogP contribution < -0.4 is 0 Å². The van der Waals surface area contributed by atoms with Gasteiger partial charge in [0.15, 0.2) is 0 Å². The number of hydrogen-bond donors (Lipinski definition) is 1. The number of halogens is 2. The fourth-order valence-corrected chi connectivity index (χ4v) is 1.62. The normalized spacial score (nSPS) is 14.6. The average Bonchev–Trinajstić information content (AvgIpc) is 2.66. The monoisotopic (exact) mass is 239 g/mol. The molecule has 0 atom stereocenters. The summed E-state index contributed by atoms with van der Waals surface area (Å²) in [5, 5.41) is 9.00. The number of carboxylic acids is 1. The molecule has 16 heavy (non-hydrogen) atoms. The third-order valence-corrected chi connectivity index (χ3v) is 2.44. The maximum absolute atomic E-state index is 13.5. The summed E-state index contributed by atoms with van der Waals surface area (Å²) in [5.74, 6) is -1.60. The van der Waals surface area contributed by atoms with E-state index in [2.05, 4.69) is 4.99 Å². The van der Waals surface area contributed by atoms with Crippen molar-refractivity contribution in [1.29, 1.82) is 0 Å². The number of aliphatic carboxylic acids is 1. The SMILES string of the molecule is O=C(O)C1=CCC(c2ccc(Cl)cc2F)=N1. The fraction of sp³-hybridized carbons (Fsp3) is 0.0909. The van der Waals surface area contributed by atoms with E-state index in [1.807, 2.05) is 0 Å². The van der Waals surface area contributed by atoms with Gasteiger partial charge in [0, 0.05) is 17.0 Å². The van der Waals surface area contributed by atoms with E-state index in [0.717, 1.165) is 0 Å². The van der Waals surface area contributed by atoms with Gasteiger partial charge in [-0.3, -0.25) is 0 Å². The molecular weight excluding hydrogens is 233 g/mol. The minimum Gasteiger partial charge on any atom is -0.477 e. The number of carbonyl (C=O) groups is 1. The van der Waals surface area contributed by atoms with Crippen molar-refractivity contribution in [2.75, 3.05) is 0 Å². The Balaban J connectivity index is 2.35. The number of aliphatic imine (C=N–C) groups is 1. The molecule has 2 rings (SSSR count). The predicted molar refractivity (Wildman–Crippen MR) is 58.3 cm³/mol. The van der Waals surface area contributed by atoms with Gasteiger partial charge in [-0.25, -0.2) is 14.2 Å². The molecule has 1 aliphatic rings. The molecule has 0 unspecified atom stereocenters. The number of hydrogen-bond acceptors (Lipinski definition) is 2. The van der Waals surface area contributed by atoms with Crippen LogP contribution in [0.4, 0.5) is 4.39 Å². The summed E-state index contributed by atoms with van der Waals surface area (Å²) in [4.78, 5) is 14.5. The lowest BCUT2D eigenvalue weighted by molar-refractivity contribution is -0.132. The summed E-state index contributed by atoms with van der Waals surface area (Å²) in [5.41, 5.74) is 0.646. The summed E-state index contributed by atoms with van der Waals surface area (Å²) in [6.45, 7) is 0. The predicted octanol–water partition coefficient (Wildman–Crippen LogP) is 2.64. The molecule has 0 aliphatic carbocycles. The first-order valence-electron chi connectivity index (χ1n) is 4.54. The molecule has 1 heterocycles. The van der Waals surface area contributed by atoms with E-state index in [0.29, 0.717) is 17.2 Å². The highest BCUT2D eigenvalue weighted by molar-refractivity contribution is 6.30. The molecule has 0 bridgehead atoms. The standard InChI is InChI=1S/C11H7ClFNO2/c12-6-1-2-7(8(13)5-6)9-3-4-10(14-9)11(15)16/h1-2,4-5H,3H2,(H,15,16). The average molecular weight is 240 g/mol. The highest BCUT2D eigenvalue weighted by Crippen LogP contribution is 2.21. The van der Waals surface area contributed by atoms with E-state index < -0.39 is 11.8 Å². The van der Waals surface area contributed by atoms with E-state index in [9.17, 15) is 9.18 Å². The molecule has 0 aromatic heterocycles. The minimum atomic E-state index is -1.11. The number of benzene rings is 1. The maximum atomic E-state index is 13.5. The van der Waals surface area contributed by atoms with Crippen LogP contribution in [0.2, 0.25) is 5.02 Å². The highest BCUT2D eigenvalue weighted by Gasteiger charge is 2.18. The van der Waals surface area contributed by atoms with Gasteiger partial charge in [0.05, 0.1) is 5.71 Å². The van der Waals surface area contributed by atoms with Gasteiger partial charge in [0.1, 0.15) is 11.5 Å². The highest BCUT2D eigenvalue weighted by atomic mass is 35.5. The zero-order valence-corrected chi connectivity index (χ0v) is 8.83. The van der Waals surface area contributed by atoms with Gasteiger partial charge in [0.2, 0.25) is 0 Å². The summed E-state index contributed by atoms with van der Waals surface area (Å²) in [6.07, 6.45) is 1.77. The number of allylic oxidation sites excluding steroid dienone is 1. The third kappa shape index (κ3) is 1.97. The molecule has 0 saturated heterocycles. The van der Waals surface area contributed by atoms with Gasteiger partial charge < -0.3 is 5.11 Å². The van der Waals surface area contributed by atoms with Gasteiger partial charge in [-0.15, -0.1) is 0 Å². The molecular formula is C11H7ClFNO2. The Bertz CT molecular complexity index is 523. The molecule has 3 nitrogen and oxygen atoms in total. The molecule has 1 aromatic rings. The maximum Gasteiger partial charge on any atom is 0.354 e. The van der Waals surface area contributed by atoms with Crippen LogP contribution in [0, 0.1) is 5.82 Å². The smallest absolute Gasteiger partial charge is 0.354 e. The van der Waals surface area contributed by atoms with Crippen LogP contribution in [0.1, 0.15) is 12.0 Å². The van der Waals surface area contributed by atoms with Crippen molar-refractivity contribution >= 4 is 23.3 Å². The van der Waals surface area contributed by atoms with E-state index in [4.69, 9.17) is 16.7 Å². The Morgan fingerprint density at radius 1 is 1.50 bits per heavy atom. The van der Waals surface area contributed by atoms with Crippen molar-refractivity contribution < 1.29 is 14.3 Å². The van der Waals surface area contributed by atoms with Crippen LogP contribution in [0.25, 0.3) is 0 Å². The van der Waals surface area contributed by atoms with Crippen LogP contribution in [-0.4, -0.2) is 16.8 Å². The second-order valence-corrected chi connectivity index (χ2v) is 3.72. The van der Waals surface area contributed by atoms with Gasteiger partial charge in [-0.05, 0) is 24.3 Å². The fourth-order valence-electron chi connectivity index (χ4n) is 1.46. The molecule has 5 heteroatoms. The number of rotatable bonds is 2. The first kappa shape index (κ1) is 10.8. The Hall–Kier alpha value is -1.68. The van der Waals surface area contributed by atoms with Crippen LogP contribution in [0.5, 0.6) is 0 Å². The molecule has 82 valence electrons. The zero-order valence-electron chi connectivity index (χ0n) is 8.08.